The largest absolute Gasteiger partial charge is 0.330 e. The van der Waals surface area contributed by atoms with E-state index in [0.717, 1.165) is 31.4 Å². The van der Waals surface area contributed by atoms with Crippen LogP contribution < -0.4 is 11.1 Å². The van der Waals surface area contributed by atoms with Crippen molar-refractivity contribution in [3.05, 3.63) is 29.8 Å². The van der Waals surface area contributed by atoms with Crippen molar-refractivity contribution >= 4 is 11.6 Å². The number of amides is 1. The number of anilines is 1. The number of nitrogens with one attached hydrogen (secondary N) is 1. The molecule has 0 bridgehead atoms. The summed E-state index contributed by atoms with van der Waals surface area (Å²) in [6, 6.07) is 8.06. The van der Waals surface area contributed by atoms with Gasteiger partial charge in [0.05, 0.1) is 0 Å². The van der Waals surface area contributed by atoms with Gasteiger partial charge >= 0.3 is 0 Å². The van der Waals surface area contributed by atoms with Gasteiger partial charge in [-0.3, -0.25) is 4.79 Å². The minimum atomic E-state index is 0.0732. The second-order valence-corrected chi connectivity index (χ2v) is 5.69. The monoisotopic (exact) mass is 260 g/mol. The Morgan fingerprint density at radius 1 is 1.37 bits per heavy atom. The zero-order valence-electron chi connectivity index (χ0n) is 11.7. The van der Waals surface area contributed by atoms with Crippen molar-refractivity contribution in [2.24, 2.45) is 11.1 Å². The van der Waals surface area contributed by atoms with Gasteiger partial charge in [0, 0.05) is 12.1 Å². The van der Waals surface area contributed by atoms with Crippen LogP contribution in [0.15, 0.2) is 24.3 Å². The molecule has 1 fully saturated rings. The number of hydrogen-bond donors (Lipinski definition) is 2. The summed E-state index contributed by atoms with van der Waals surface area (Å²) in [6.07, 6.45) is 6.03. The van der Waals surface area contributed by atoms with Crippen LogP contribution >= 0.6 is 0 Å². The topological polar surface area (TPSA) is 55.1 Å². The number of para-hydroxylation sites is 1. The van der Waals surface area contributed by atoms with Crippen LogP contribution in [0.25, 0.3) is 0 Å². The third kappa shape index (κ3) is 3.35. The van der Waals surface area contributed by atoms with Crippen LogP contribution in [-0.4, -0.2) is 12.5 Å². The Hall–Kier alpha value is -1.35. The molecule has 3 N–H and O–H groups in total. The Labute approximate surface area is 115 Å². The fourth-order valence-electron chi connectivity index (χ4n) is 2.79. The quantitative estimate of drug-likeness (QED) is 0.825. The number of nitrogens with two attached hydrogens (primary N) is 1. The average molecular weight is 260 g/mol. The lowest BCUT2D eigenvalue weighted by Gasteiger charge is -2.40. The van der Waals surface area contributed by atoms with Gasteiger partial charge in [-0.15, -0.1) is 0 Å². The standard InChI is InChI=1S/C16H24N2O/c1-2-6-13-7-3-4-8-14(13)18-15(19)11-16(12-17)9-5-10-16/h3-4,7-8H,2,5-6,9-12,17H2,1H3,(H,18,19). The maximum atomic E-state index is 12.2. The second kappa shape index (κ2) is 6.20. The summed E-state index contributed by atoms with van der Waals surface area (Å²) in [7, 11) is 0. The first-order chi connectivity index (χ1) is 9.19. The minimum absolute atomic E-state index is 0.0732. The third-order valence-electron chi connectivity index (χ3n) is 4.19. The van der Waals surface area contributed by atoms with Crippen molar-refractivity contribution in [1.82, 2.24) is 0 Å². The summed E-state index contributed by atoms with van der Waals surface area (Å²) in [6.45, 7) is 2.77. The summed E-state index contributed by atoms with van der Waals surface area (Å²) in [5.74, 6) is 0.105. The maximum absolute atomic E-state index is 12.2. The van der Waals surface area contributed by atoms with Gasteiger partial charge in [-0.1, -0.05) is 38.0 Å². The molecule has 1 aliphatic rings. The molecule has 0 atom stereocenters. The first-order valence-corrected chi connectivity index (χ1v) is 7.27. The predicted octanol–water partition coefficient (Wildman–Crippen LogP) is 3.10. The number of aryl methyl sites for hydroxylation is 1. The van der Waals surface area contributed by atoms with Crippen molar-refractivity contribution in [2.45, 2.75) is 45.4 Å². The van der Waals surface area contributed by atoms with E-state index in [2.05, 4.69) is 18.3 Å². The molecule has 0 heterocycles. The molecule has 0 saturated heterocycles. The number of carbonyl (C=O) groups excluding carboxylic acids is 1. The van der Waals surface area contributed by atoms with Crippen LogP contribution in [0.3, 0.4) is 0 Å². The molecule has 0 spiro atoms. The lowest BCUT2D eigenvalue weighted by molar-refractivity contribution is -0.119. The molecule has 1 aromatic carbocycles. The van der Waals surface area contributed by atoms with E-state index >= 15 is 0 Å². The van der Waals surface area contributed by atoms with Crippen LogP contribution in [0.5, 0.6) is 0 Å². The Bertz CT molecular complexity index is 433. The van der Waals surface area contributed by atoms with Crippen molar-refractivity contribution in [3.63, 3.8) is 0 Å². The van der Waals surface area contributed by atoms with E-state index in [4.69, 9.17) is 5.73 Å². The highest BCUT2D eigenvalue weighted by molar-refractivity contribution is 5.92. The number of rotatable bonds is 6. The van der Waals surface area contributed by atoms with Gasteiger partial charge in [0.25, 0.3) is 0 Å². The van der Waals surface area contributed by atoms with Crippen molar-refractivity contribution in [1.29, 1.82) is 0 Å². The molecule has 1 aliphatic carbocycles. The van der Waals surface area contributed by atoms with Gasteiger partial charge < -0.3 is 11.1 Å². The molecule has 0 aromatic heterocycles. The molecule has 1 amide bonds. The lowest BCUT2D eigenvalue weighted by Crippen LogP contribution is -2.40. The highest BCUT2D eigenvalue weighted by Crippen LogP contribution is 2.43. The highest BCUT2D eigenvalue weighted by Gasteiger charge is 2.37. The zero-order chi connectivity index (χ0) is 13.7. The Balaban J connectivity index is 1.98. The molecule has 0 unspecified atom stereocenters. The predicted molar refractivity (Wildman–Crippen MR) is 79.0 cm³/mol. The van der Waals surface area contributed by atoms with Crippen molar-refractivity contribution < 1.29 is 4.79 Å². The second-order valence-electron chi connectivity index (χ2n) is 5.69. The normalized spacial score (nSPS) is 16.7. The van der Waals surface area contributed by atoms with Crippen LogP contribution in [0.1, 0.15) is 44.6 Å². The van der Waals surface area contributed by atoms with Gasteiger partial charge in [0.1, 0.15) is 0 Å². The van der Waals surface area contributed by atoms with Crippen molar-refractivity contribution in [3.8, 4) is 0 Å². The first-order valence-electron chi connectivity index (χ1n) is 7.27. The molecule has 19 heavy (non-hydrogen) atoms. The van der Waals surface area contributed by atoms with Gasteiger partial charge in [-0.25, -0.2) is 0 Å². The highest BCUT2D eigenvalue weighted by atomic mass is 16.1. The first kappa shape index (κ1) is 14.1. The van der Waals surface area contributed by atoms with Crippen LogP contribution in [0.4, 0.5) is 5.69 Å². The van der Waals surface area contributed by atoms with Crippen LogP contribution in [0, 0.1) is 5.41 Å². The molecule has 1 aromatic rings. The molecule has 3 heteroatoms. The average Bonchev–Trinajstić information content (AvgIpc) is 2.36. The molecular weight excluding hydrogens is 236 g/mol. The third-order valence-corrected chi connectivity index (χ3v) is 4.19. The molecular formula is C16H24N2O. The molecule has 104 valence electrons. The summed E-state index contributed by atoms with van der Waals surface area (Å²) in [4.78, 5) is 12.2. The van der Waals surface area contributed by atoms with Crippen LogP contribution in [-0.2, 0) is 11.2 Å². The van der Waals surface area contributed by atoms with E-state index in [1.807, 2.05) is 18.2 Å². The Kier molecular flexibility index (Phi) is 4.59. The van der Waals surface area contributed by atoms with E-state index in [1.54, 1.807) is 0 Å². The van der Waals surface area contributed by atoms with E-state index in [1.165, 1.54) is 12.0 Å². The smallest absolute Gasteiger partial charge is 0.224 e. The lowest BCUT2D eigenvalue weighted by atomic mass is 9.66. The van der Waals surface area contributed by atoms with Gasteiger partial charge in [0.2, 0.25) is 5.91 Å². The van der Waals surface area contributed by atoms with E-state index < -0.39 is 0 Å². The Morgan fingerprint density at radius 3 is 2.68 bits per heavy atom. The SMILES string of the molecule is CCCc1ccccc1NC(=O)CC1(CN)CCC1. The Morgan fingerprint density at radius 2 is 2.11 bits per heavy atom. The summed E-state index contributed by atoms with van der Waals surface area (Å²) in [5.41, 5.74) is 8.06. The summed E-state index contributed by atoms with van der Waals surface area (Å²) in [5, 5.41) is 3.06. The van der Waals surface area contributed by atoms with Gasteiger partial charge in [-0.2, -0.15) is 0 Å². The van der Waals surface area contributed by atoms with E-state index in [0.29, 0.717) is 13.0 Å². The van der Waals surface area contributed by atoms with Gasteiger partial charge in [-0.05, 0) is 42.9 Å². The fourth-order valence-corrected chi connectivity index (χ4v) is 2.79. The maximum Gasteiger partial charge on any atom is 0.224 e. The zero-order valence-corrected chi connectivity index (χ0v) is 11.7. The number of benzene rings is 1. The molecule has 1 saturated carbocycles. The van der Waals surface area contributed by atoms with Crippen LogP contribution in [0.2, 0.25) is 0 Å². The molecule has 0 radical (unpaired) electrons. The minimum Gasteiger partial charge on any atom is -0.330 e. The van der Waals surface area contributed by atoms with E-state index in [-0.39, 0.29) is 11.3 Å². The number of hydrogen-bond acceptors (Lipinski definition) is 2. The molecule has 3 nitrogen and oxygen atoms in total. The summed E-state index contributed by atoms with van der Waals surface area (Å²) < 4.78 is 0. The molecule has 2 rings (SSSR count). The summed E-state index contributed by atoms with van der Waals surface area (Å²) >= 11 is 0. The van der Waals surface area contributed by atoms with Gasteiger partial charge in [0.15, 0.2) is 0 Å². The fraction of sp³-hybridized carbons (Fsp3) is 0.562. The van der Waals surface area contributed by atoms with E-state index in [9.17, 15) is 4.79 Å². The molecule has 0 aliphatic heterocycles. The number of carbonyl (C=O) groups is 1. The van der Waals surface area contributed by atoms with Crippen molar-refractivity contribution in [2.75, 3.05) is 11.9 Å².